The molecule has 0 saturated carbocycles. The molecule has 0 aromatic heterocycles. The zero-order valence-electron chi connectivity index (χ0n) is 20.3. The summed E-state index contributed by atoms with van der Waals surface area (Å²) < 4.78 is 32.1. The number of amides is 1. The third kappa shape index (κ3) is 6.78. The summed E-state index contributed by atoms with van der Waals surface area (Å²) in [5.41, 5.74) is -0.264. The summed E-state index contributed by atoms with van der Waals surface area (Å²) in [5, 5.41) is 22.8. The van der Waals surface area contributed by atoms with Gasteiger partial charge in [-0.15, -0.1) is 0 Å². The van der Waals surface area contributed by atoms with E-state index in [4.69, 9.17) is 9.29 Å². The van der Waals surface area contributed by atoms with Crippen LogP contribution in [0.2, 0.25) is 0 Å². The van der Waals surface area contributed by atoms with Gasteiger partial charge >= 0.3 is 5.97 Å². The van der Waals surface area contributed by atoms with Crippen molar-refractivity contribution >= 4 is 33.4 Å². The van der Waals surface area contributed by atoms with Crippen LogP contribution >= 0.6 is 0 Å². The zero-order valence-corrected chi connectivity index (χ0v) is 21.1. The van der Waals surface area contributed by atoms with Crippen molar-refractivity contribution in [1.29, 1.82) is 0 Å². The maximum Gasteiger partial charge on any atom is 0.335 e. The molecule has 3 aromatic carbocycles. The number of nitro benzene ring substituents is 1. The van der Waals surface area contributed by atoms with Crippen LogP contribution in [0.4, 0.5) is 11.4 Å². The van der Waals surface area contributed by atoms with Crippen LogP contribution < -0.4 is 5.32 Å². The second-order valence-electron chi connectivity index (χ2n) is 9.35. The molecule has 1 unspecified atom stereocenters. The molecule has 3 rings (SSSR count). The van der Waals surface area contributed by atoms with Gasteiger partial charge in [0.25, 0.3) is 15.8 Å². The Labute approximate surface area is 214 Å². The highest BCUT2D eigenvalue weighted by atomic mass is 32.2. The highest BCUT2D eigenvalue weighted by molar-refractivity contribution is 7.86. The number of hydrogen-bond donors (Lipinski definition) is 2. The van der Waals surface area contributed by atoms with Crippen molar-refractivity contribution in [2.45, 2.75) is 31.8 Å². The molecule has 194 valence electrons. The normalized spacial score (nSPS) is 13.4. The van der Waals surface area contributed by atoms with Gasteiger partial charge in [-0.05, 0) is 47.4 Å². The number of carboxylic acids is 1. The number of carbonyl (C=O) groups is 2. The summed E-state index contributed by atoms with van der Waals surface area (Å²) in [4.78, 5) is 34.7. The van der Waals surface area contributed by atoms with Crippen molar-refractivity contribution in [3.63, 3.8) is 0 Å². The number of nitrogens with one attached hydrogen (secondary N) is 1. The second kappa shape index (κ2) is 10.9. The van der Waals surface area contributed by atoms with Crippen LogP contribution in [0.15, 0.2) is 83.8 Å². The van der Waals surface area contributed by atoms with Crippen molar-refractivity contribution in [1.82, 2.24) is 0 Å². The lowest BCUT2D eigenvalue weighted by atomic mass is 9.75. The van der Waals surface area contributed by atoms with E-state index in [2.05, 4.69) is 5.32 Å². The highest BCUT2D eigenvalue weighted by Crippen LogP contribution is 2.41. The van der Waals surface area contributed by atoms with E-state index < -0.39 is 44.4 Å². The number of benzene rings is 3. The van der Waals surface area contributed by atoms with Crippen LogP contribution in [-0.2, 0) is 19.1 Å². The molecular formula is C26H26N2O8S. The minimum atomic E-state index is -4.44. The average molecular weight is 527 g/mol. The molecular weight excluding hydrogens is 500 g/mol. The van der Waals surface area contributed by atoms with Gasteiger partial charge in [0.1, 0.15) is 6.10 Å². The number of anilines is 1. The van der Waals surface area contributed by atoms with Crippen molar-refractivity contribution in [2.75, 3.05) is 5.32 Å². The summed E-state index contributed by atoms with van der Waals surface area (Å²) in [6, 6.07) is 18.2. The fourth-order valence-electron chi connectivity index (χ4n) is 3.77. The topological polar surface area (TPSA) is 153 Å². The van der Waals surface area contributed by atoms with Crippen LogP contribution in [0.3, 0.4) is 0 Å². The van der Waals surface area contributed by atoms with Crippen molar-refractivity contribution in [3.8, 4) is 0 Å². The van der Waals surface area contributed by atoms with Gasteiger partial charge in [-0.3, -0.25) is 19.1 Å². The molecule has 3 aromatic rings. The maximum absolute atomic E-state index is 13.6. The lowest BCUT2D eigenvalue weighted by molar-refractivity contribution is -0.384. The van der Waals surface area contributed by atoms with Gasteiger partial charge in [0.05, 0.1) is 21.3 Å². The fraction of sp³-hybridized carbons (Fsp3) is 0.231. The molecule has 0 fully saturated rings. The minimum Gasteiger partial charge on any atom is -0.478 e. The van der Waals surface area contributed by atoms with Gasteiger partial charge in [-0.1, -0.05) is 51.1 Å². The lowest BCUT2D eigenvalue weighted by Gasteiger charge is -2.35. The summed E-state index contributed by atoms with van der Waals surface area (Å²) >= 11 is 0. The second-order valence-corrected chi connectivity index (χ2v) is 10.9. The number of nitro groups is 1. The van der Waals surface area contributed by atoms with Crippen molar-refractivity contribution < 1.29 is 32.2 Å². The van der Waals surface area contributed by atoms with Gasteiger partial charge < -0.3 is 10.4 Å². The molecule has 37 heavy (non-hydrogen) atoms. The number of non-ortho nitro benzene ring substituents is 1. The molecule has 10 nitrogen and oxygen atoms in total. The van der Waals surface area contributed by atoms with Crippen molar-refractivity contribution in [2.24, 2.45) is 11.3 Å². The number of hydrogen-bond acceptors (Lipinski definition) is 7. The van der Waals surface area contributed by atoms with Gasteiger partial charge in [-0.2, -0.15) is 8.42 Å². The molecule has 2 N–H and O–H groups in total. The molecule has 0 saturated heterocycles. The van der Waals surface area contributed by atoms with E-state index in [1.165, 1.54) is 24.3 Å². The molecule has 0 bridgehead atoms. The van der Waals surface area contributed by atoms with Crippen LogP contribution in [0.1, 0.15) is 42.8 Å². The lowest BCUT2D eigenvalue weighted by Crippen LogP contribution is -2.39. The number of rotatable bonds is 9. The Bertz CT molecular complexity index is 1380. The van der Waals surface area contributed by atoms with Crippen LogP contribution in [0, 0.1) is 21.4 Å². The molecule has 11 heteroatoms. The number of carbonyl (C=O) groups excluding carboxylic acids is 1. The van der Waals surface area contributed by atoms with E-state index in [9.17, 15) is 28.1 Å². The van der Waals surface area contributed by atoms with E-state index in [1.54, 1.807) is 51.1 Å². The Morgan fingerprint density at radius 2 is 1.51 bits per heavy atom. The first kappa shape index (κ1) is 27.5. The Morgan fingerprint density at radius 1 is 0.946 bits per heavy atom. The van der Waals surface area contributed by atoms with E-state index in [-0.39, 0.29) is 16.1 Å². The third-order valence-electron chi connectivity index (χ3n) is 5.61. The van der Waals surface area contributed by atoms with Crippen LogP contribution in [0.5, 0.6) is 0 Å². The molecule has 0 aliphatic rings. The fourth-order valence-corrected chi connectivity index (χ4v) is 4.85. The predicted octanol–water partition coefficient (Wildman–Crippen LogP) is 5.04. The molecule has 1 amide bonds. The first-order chi connectivity index (χ1) is 17.3. The van der Waals surface area contributed by atoms with E-state index in [1.807, 2.05) is 0 Å². The number of carboxylic acid groups (broad SMARTS) is 1. The Kier molecular flexibility index (Phi) is 8.09. The smallest absolute Gasteiger partial charge is 0.335 e. The minimum absolute atomic E-state index is 0.0463. The maximum atomic E-state index is 13.6. The van der Waals surface area contributed by atoms with Gasteiger partial charge in [0.2, 0.25) is 5.91 Å². The standard InChI is InChI=1S/C26H26N2O8S/c1-26(2,3)22(24(29)27-19-11-9-18(10-12-19)25(30)31)23(17-7-5-4-6-8-17)36-37(34,35)21-15-13-20(14-16-21)28(32)33/h4-16,22-23H,1-3H3,(H,27,29)(H,30,31)/t22-,23?/m1/s1. The molecule has 2 atom stereocenters. The Hall–Kier alpha value is -4.09. The quantitative estimate of drug-likeness (QED) is 0.223. The summed E-state index contributed by atoms with van der Waals surface area (Å²) in [6.45, 7) is 5.30. The zero-order chi connectivity index (χ0) is 27.4. The molecule has 0 aliphatic carbocycles. The van der Waals surface area contributed by atoms with E-state index in [0.29, 0.717) is 11.3 Å². The molecule has 0 radical (unpaired) electrons. The predicted molar refractivity (Wildman–Crippen MR) is 136 cm³/mol. The van der Waals surface area contributed by atoms with Gasteiger partial charge in [0.15, 0.2) is 0 Å². The molecule has 0 aliphatic heterocycles. The average Bonchev–Trinajstić information content (AvgIpc) is 2.83. The summed E-state index contributed by atoms with van der Waals surface area (Å²) in [5.74, 6) is -2.68. The SMILES string of the molecule is CC(C)(C)[C@@H](C(=O)Nc1ccc(C(=O)O)cc1)C(OS(=O)(=O)c1ccc([N+](=O)[O-])cc1)c1ccccc1. The molecule has 0 heterocycles. The number of aromatic carboxylic acids is 1. The highest BCUT2D eigenvalue weighted by Gasteiger charge is 2.42. The van der Waals surface area contributed by atoms with E-state index >= 15 is 0 Å². The van der Waals surface area contributed by atoms with Crippen LogP contribution in [0.25, 0.3) is 0 Å². The largest absolute Gasteiger partial charge is 0.478 e. The van der Waals surface area contributed by atoms with E-state index in [0.717, 1.165) is 24.3 Å². The monoisotopic (exact) mass is 526 g/mol. The van der Waals surface area contributed by atoms with Gasteiger partial charge in [-0.25, -0.2) is 4.79 Å². The number of nitrogens with zero attached hydrogens (tertiary/aromatic N) is 1. The first-order valence-electron chi connectivity index (χ1n) is 11.2. The first-order valence-corrected chi connectivity index (χ1v) is 12.6. The van der Waals surface area contributed by atoms with Gasteiger partial charge in [0, 0.05) is 17.8 Å². The Morgan fingerprint density at radius 3 is 2.00 bits per heavy atom. The van der Waals surface area contributed by atoms with Crippen molar-refractivity contribution in [3.05, 3.63) is 100 Å². The summed E-state index contributed by atoms with van der Waals surface area (Å²) in [6.07, 6.45) is -1.25. The van der Waals surface area contributed by atoms with Crippen LogP contribution in [-0.4, -0.2) is 30.3 Å². The Balaban J connectivity index is 2.00. The molecule has 0 spiro atoms. The summed E-state index contributed by atoms with van der Waals surface area (Å²) in [7, 11) is -4.44. The third-order valence-corrected chi connectivity index (χ3v) is 6.92.